The maximum absolute atomic E-state index is 12.0. The number of carbonyl (C=O) groups is 2. The van der Waals surface area contributed by atoms with Gasteiger partial charge in [-0.1, -0.05) is 0 Å². The lowest BCUT2D eigenvalue weighted by Crippen LogP contribution is -2.53. The second-order valence-corrected chi connectivity index (χ2v) is 5.18. The van der Waals surface area contributed by atoms with Crippen molar-refractivity contribution in [2.75, 3.05) is 73.1 Å². The highest BCUT2D eigenvalue weighted by molar-refractivity contribution is 5.74. The summed E-state index contributed by atoms with van der Waals surface area (Å²) in [5.41, 5.74) is 0. The highest BCUT2D eigenvalue weighted by Crippen LogP contribution is 2.01. The molecule has 2 amide bonds. The number of carbonyl (C=O) groups excluding carboxylic acids is 1. The number of amides is 2. The van der Waals surface area contributed by atoms with E-state index in [0.29, 0.717) is 39.3 Å². The van der Waals surface area contributed by atoms with Crippen LogP contribution in [-0.4, -0.2) is 105 Å². The Kier molecular flexibility index (Phi) is 8.03. The first-order valence-electron chi connectivity index (χ1n) is 7.17. The molecule has 2 N–H and O–H groups in total. The van der Waals surface area contributed by atoms with Crippen LogP contribution in [0, 0.1) is 0 Å². The number of piperazine rings is 1. The topological polar surface area (TPSA) is 85.4 Å². The van der Waals surface area contributed by atoms with Crippen molar-refractivity contribution < 1.29 is 19.4 Å². The number of aliphatic carboxylic acids is 1. The Bertz CT molecular complexity index is 332. The van der Waals surface area contributed by atoms with E-state index >= 15 is 0 Å². The van der Waals surface area contributed by atoms with Crippen molar-refractivity contribution >= 4 is 12.0 Å². The molecule has 1 rings (SSSR count). The minimum absolute atomic E-state index is 0.0414. The fourth-order valence-corrected chi connectivity index (χ4v) is 2.12. The molecule has 122 valence electrons. The van der Waals surface area contributed by atoms with Crippen LogP contribution in [0.3, 0.4) is 0 Å². The van der Waals surface area contributed by atoms with Crippen molar-refractivity contribution in [1.29, 1.82) is 0 Å². The number of hydrogen-bond acceptors (Lipinski definition) is 5. The normalized spacial score (nSPS) is 16.2. The molecule has 0 atom stereocenters. The largest absolute Gasteiger partial charge is 0.480 e. The van der Waals surface area contributed by atoms with Crippen LogP contribution >= 0.6 is 0 Å². The van der Waals surface area contributed by atoms with E-state index < -0.39 is 5.97 Å². The first kappa shape index (κ1) is 17.7. The van der Waals surface area contributed by atoms with E-state index in [0.717, 1.165) is 13.1 Å². The van der Waals surface area contributed by atoms with Crippen LogP contribution in [0.2, 0.25) is 0 Å². The molecule has 1 aliphatic rings. The molecule has 0 aliphatic carbocycles. The Labute approximate surface area is 125 Å². The summed E-state index contributed by atoms with van der Waals surface area (Å²) < 4.78 is 4.99. The fraction of sp³-hybridized carbons (Fsp3) is 0.846. The molecule has 0 aromatic rings. The van der Waals surface area contributed by atoms with Crippen LogP contribution in [0.1, 0.15) is 0 Å². The number of likely N-dealkylation sites (N-methyl/N-ethyl adjacent to an activating group) is 1. The number of nitrogens with one attached hydrogen (secondary N) is 1. The minimum atomic E-state index is -0.827. The standard InChI is InChI=1S/C13H26N4O4/c1-15(9-10-21-2)4-3-14-13(20)17-7-5-16(6-8-17)11-12(18)19/h3-11H2,1-2H3,(H,14,20)(H,18,19). The lowest BCUT2D eigenvalue weighted by Gasteiger charge is -2.33. The highest BCUT2D eigenvalue weighted by atomic mass is 16.5. The molecule has 0 bridgehead atoms. The molecule has 21 heavy (non-hydrogen) atoms. The van der Waals surface area contributed by atoms with Gasteiger partial charge < -0.3 is 25.0 Å². The summed E-state index contributed by atoms with van der Waals surface area (Å²) in [6.07, 6.45) is 0. The predicted molar refractivity (Wildman–Crippen MR) is 78.4 cm³/mol. The molecular formula is C13H26N4O4. The molecule has 0 aromatic carbocycles. The molecule has 8 nitrogen and oxygen atoms in total. The van der Waals surface area contributed by atoms with Gasteiger partial charge in [-0.25, -0.2) is 4.79 Å². The molecule has 1 saturated heterocycles. The maximum atomic E-state index is 12.0. The first-order chi connectivity index (χ1) is 10.0. The second-order valence-electron chi connectivity index (χ2n) is 5.18. The van der Waals surface area contributed by atoms with E-state index in [1.165, 1.54) is 0 Å². The maximum Gasteiger partial charge on any atom is 0.317 e. The summed E-state index contributed by atoms with van der Waals surface area (Å²) >= 11 is 0. The summed E-state index contributed by atoms with van der Waals surface area (Å²) in [7, 11) is 3.65. The van der Waals surface area contributed by atoms with Gasteiger partial charge in [-0.2, -0.15) is 0 Å². The average Bonchev–Trinajstić information content (AvgIpc) is 2.45. The summed E-state index contributed by atoms with van der Waals surface area (Å²) in [6, 6.07) is -0.0786. The molecule has 0 spiro atoms. The highest BCUT2D eigenvalue weighted by Gasteiger charge is 2.21. The Morgan fingerprint density at radius 1 is 1.24 bits per heavy atom. The predicted octanol–water partition coefficient (Wildman–Crippen LogP) is -1.02. The van der Waals surface area contributed by atoms with E-state index in [9.17, 15) is 9.59 Å². The summed E-state index contributed by atoms with van der Waals surface area (Å²) in [6.45, 7) is 5.26. The molecule has 1 heterocycles. The van der Waals surface area contributed by atoms with E-state index in [1.807, 2.05) is 11.9 Å². The molecule has 1 aliphatic heterocycles. The van der Waals surface area contributed by atoms with Crippen LogP contribution in [0.15, 0.2) is 0 Å². The molecule has 0 unspecified atom stereocenters. The Morgan fingerprint density at radius 3 is 2.48 bits per heavy atom. The minimum Gasteiger partial charge on any atom is -0.480 e. The zero-order valence-corrected chi connectivity index (χ0v) is 12.9. The van der Waals surface area contributed by atoms with Crippen LogP contribution in [-0.2, 0) is 9.53 Å². The van der Waals surface area contributed by atoms with Gasteiger partial charge in [0.05, 0.1) is 13.2 Å². The van der Waals surface area contributed by atoms with Crippen molar-refractivity contribution in [2.45, 2.75) is 0 Å². The summed E-state index contributed by atoms with van der Waals surface area (Å²) in [5.74, 6) is -0.827. The van der Waals surface area contributed by atoms with Crippen molar-refractivity contribution in [2.24, 2.45) is 0 Å². The van der Waals surface area contributed by atoms with Gasteiger partial charge in [0.15, 0.2) is 0 Å². The lowest BCUT2D eigenvalue weighted by atomic mass is 10.3. The fourth-order valence-electron chi connectivity index (χ4n) is 2.12. The second kappa shape index (κ2) is 9.54. The van der Waals surface area contributed by atoms with Gasteiger partial charge >= 0.3 is 12.0 Å². The zero-order valence-electron chi connectivity index (χ0n) is 12.9. The van der Waals surface area contributed by atoms with E-state index in [2.05, 4.69) is 10.2 Å². The molecule has 0 radical (unpaired) electrons. The van der Waals surface area contributed by atoms with Crippen LogP contribution in [0.5, 0.6) is 0 Å². The first-order valence-corrected chi connectivity index (χ1v) is 7.17. The molecule has 0 saturated carbocycles. The van der Waals surface area contributed by atoms with Crippen molar-refractivity contribution in [3.05, 3.63) is 0 Å². The number of urea groups is 1. The smallest absolute Gasteiger partial charge is 0.317 e. The number of ether oxygens (including phenoxy) is 1. The van der Waals surface area contributed by atoms with Gasteiger partial charge in [-0.05, 0) is 7.05 Å². The van der Waals surface area contributed by atoms with Crippen molar-refractivity contribution in [3.63, 3.8) is 0 Å². The quantitative estimate of drug-likeness (QED) is 0.597. The van der Waals surface area contributed by atoms with E-state index in [4.69, 9.17) is 9.84 Å². The van der Waals surface area contributed by atoms with Gasteiger partial charge in [0.2, 0.25) is 0 Å². The van der Waals surface area contributed by atoms with Gasteiger partial charge in [0.1, 0.15) is 0 Å². The van der Waals surface area contributed by atoms with Gasteiger partial charge in [-0.3, -0.25) is 9.69 Å². The average molecular weight is 302 g/mol. The van der Waals surface area contributed by atoms with Crippen LogP contribution < -0.4 is 5.32 Å². The molecule has 0 aromatic heterocycles. The molecular weight excluding hydrogens is 276 g/mol. The van der Waals surface area contributed by atoms with E-state index in [-0.39, 0.29) is 12.6 Å². The number of rotatable bonds is 8. The van der Waals surface area contributed by atoms with Crippen LogP contribution in [0.4, 0.5) is 4.79 Å². The lowest BCUT2D eigenvalue weighted by molar-refractivity contribution is -0.138. The number of nitrogens with zero attached hydrogens (tertiary/aromatic N) is 3. The zero-order chi connectivity index (χ0) is 15.7. The van der Waals surface area contributed by atoms with E-state index in [1.54, 1.807) is 12.0 Å². The number of carboxylic acid groups (broad SMARTS) is 1. The Hall–Kier alpha value is -1.38. The number of methoxy groups -OCH3 is 1. The third-order valence-electron chi connectivity index (χ3n) is 3.47. The third kappa shape index (κ3) is 7.26. The van der Waals surface area contributed by atoms with Gasteiger partial charge in [-0.15, -0.1) is 0 Å². The van der Waals surface area contributed by atoms with Crippen molar-refractivity contribution in [3.8, 4) is 0 Å². The van der Waals surface area contributed by atoms with Gasteiger partial charge in [0.25, 0.3) is 0 Å². The Balaban J connectivity index is 2.15. The van der Waals surface area contributed by atoms with Crippen LogP contribution in [0.25, 0.3) is 0 Å². The SMILES string of the molecule is COCCN(C)CCNC(=O)N1CCN(CC(=O)O)CC1. The number of carboxylic acids is 1. The monoisotopic (exact) mass is 302 g/mol. The number of hydrogen-bond donors (Lipinski definition) is 2. The molecule has 8 heteroatoms. The summed E-state index contributed by atoms with van der Waals surface area (Å²) in [5, 5.41) is 11.6. The molecule has 1 fully saturated rings. The van der Waals surface area contributed by atoms with Gasteiger partial charge in [0, 0.05) is 52.9 Å². The van der Waals surface area contributed by atoms with Crippen molar-refractivity contribution in [1.82, 2.24) is 20.0 Å². The third-order valence-corrected chi connectivity index (χ3v) is 3.47. The summed E-state index contributed by atoms with van der Waals surface area (Å²) in [4.78, 5) is 28.2. The Morgan fingerprint density at radius 2 is 1.90 bits per heavy atom.